The van der Waals surface area contributed by atoms with Crippen molar-refractivity contribution >= 4 is 16.7 Å². The second-order valence-corrected chi connectivity index (χ2v) is 6.56. The van der Waals surface area contributed by atoms with Crippen molar-refractivity contribution in [3.63, 3.8) is 0 Å². The fourth-order valence-electron chi connectivity index (χ4n) is 2.37. The average Bonchev–Trinajstić information content (AvgIpc) is 2.67. The number of nitrogens with one attached hydrogen (secondary N) is 1. The number of rotatable bonds is 5. The van der Waals surface area contributed by atoms with Crippen LogP contribution in [0.4, 0.5) is 4.39 Å². The topological polar surface area (TPSA) is 49.4 Å². The van der Waals surface area contributed by atoms with E-state index in [0.29, 0.717) is 18.7 Å². The average molecular weight is 298 g/mol. The van der Waals surface area contributed by atoms with Crippen LogP contribution in [0.5, 0.6) is 0 Å². The summed E-state index contributed by atoms with van der Waals surface area (Å²) in [5.41, 5.74) is 0.863. The van der Waals surface area contributed by atoms with Crippen molar-refractivity contribution in [2.45, 2.75) is 25.6 Å². The molecule has 110 valence electrons. The van der Waals surface area contributed by atoms with Gasteiger partial charge in [-0.15, -0.1) is 0 Å². The first-order valence-electron chi connectivity index (χ1n) is 6.61. The molecule has 0 aliphatic carbocycles. The molecule has 0 bridgehead atoms. The molecule has 3 unspecified atom stereocenters. The summed E-state index contributed by atoms with van der Waals surface area (Å²) in [4.78, 5) is 13.9. The lowest BCUT2D eigenvalue weighted by molar-refractivity contribution is -0.129. The van der Waals surface area contributed by atoms with Crippen LogP contribution in [0, 0.1) is 5.82 Å². The van der Waals surface area contributed by atoms with Crippen molar-refractivity contribution in [3.8, 4) is 0 Å². The van der Waals surface area contributed by atoms with Crippen molar-refractivity contribution in [1.82, 2.24) is 10.2 Å². The highest BCUT2D eigenvalue weighted by molar-refractivity contribution is 7.84. The Balaban J connectivity index is 2.10. The van der Waals surface area contributed by atoms with Gasteiger partial charge in [0.2, 0.25) is 5.91 Å². The van der Waals surface area contributed by atoms with Gasteiger partial charge in [0, 0.05) is 29.4 Å². The van der Waals surface area contributed by atoms with Gasteiger partial charge in [0.05, 0.1) is 6.04 Å². The second kappa shape index (κ2) is 6.45. The normalized spacial score (nSPS) is 24.1. The van der Waals surface area contributed by atoms with Crippen LogP contribution in [-0.4, -0.2) is 39.6 Å². The van der Waals surface area contributed by atoms with E-state index in [2.05, 4.69) is 5.32 Å². The third kappa shape index (κ3) is 3.43. The summed E-state index contributed by atoms with van der Waals surface area (Å²) >= 11 is 0. The maximum absolute atomic E-state index is 13.0. The van der Waals surface area contributed by atoms with Gasteiger partial charge in [-0.05, 0) is 31.0 Å². The van der Waals surface area contributed by atoms with Gasteiger partial charge in [-0.25, -0.2) is 4.39 Å². The van der Waals surface area contributed by atoms with E-state index < -0.39 is 10.8 Å². The maximum atomic E-state index is 13.0. The summed E-state index contributed by atoms with van der Waals surface area (Å²) < 4.78 is 24.1. The second-order valence-electron chi connectivity index (χ2n) is 5.00. The minimum absolute atomic E-state index is 0.0289. The molecule has 6 heteroatoms. The molecule has 1 aromatic carbocycles. The molecule has 1 aromatic rings. The third-order valence-corrected chi connectivity index (χ3v) is 4.25. The van der Waals surface area contributed by atoms with Crippen LogP contribution >= 0.6 is 0 Å². The van der Waals surface area contributed by atoms with E-state index >= 15 is 0 Å². The Morgan fingerprint density at radius 1 is 1.35 bits per heavy atom. The van der Waals surface area contributed by atoms with Crippen molar-refractivity contribution in [3.05, 3.63) is 35.6 Å². The Labute approximate surface area is 120 Å². The molecule has 1 fully saturated rings. The highest BCUT2D eigenvalue weighted by atomic mass is 32.2. The van der Waals surface area contributed by atoms with Gasteiger partial charge in [-0.3, -0.25) is 14.3 Å². The summed E-state index contributed by atoms with van der Waals surface area (Å²) in [5, 5.41) is 3.21. The number of nitrogens with zero attached hydrogens (tertiary/aromatic N) is 1. The number of carbonyl (C=O) groups excluding carboxylic acids is 1. The van der Waals surface area contributed by atoms with Gasteiger partial charge in [0.1, 0.15) is 12.0 Å². The molecular weight excluding hydrogens is 279 g/mol. The summed E-state index contributed by atoms with van der Waals surface area (Å²) in [6.07, 6.45) is 2.12. The molecule has 1 heterocycles. The van der Waals surface area contributed by atoms with Gasteiger partial charge < -0.3 is 4.90 Å². The van der Waals surface area contributed by atoms with E-state index in [-0.39, 0.29) is 23.9 Å². The number of hydrogen-bond acceptors (Lipinski definition) is 3. The fraction of sp³-hybridized carbons (Fsp3) is 0.500. The van der Waals surface area contributed by atoms with Crippen molar-refractivity contribution in [2.24, 2.45) is 0 Å². The lowest BCUT2D eigenvalue weighted by Gasteiger charge is -2.24. The predicted molar refractivity (Wildman–Crippen MR) is 77.0 cm³/mol. The van der Waals surface area contributed by atoms with Crippen LogP contribution in [0.3, 0.4) is 0 Å². The summed E-state index contributed by atoms with van der Waals surface area (Å²) in [6.45, 7) is 2.37. The number of amides is 1. The zero-order valence-corrected chi connectivity index (χ0v) is 12.5. The zero-order valence-electron chi connectivity index (χ0n) is 11.6. The lowest BCUT2D eigenvalue weighted by atomic mass is 10.1. The van der Waals surface area contributed by atoms with E-state index in [1.54, 1.807) is 23.3 Å². The molecule has 20 heavy (non-hydrogen) atoms. The standard InChI is InChI=1S/C14H19FN2O2S/c1-10-14(18)17(8-3-9-20(2)19)13(16-10)11-4-6-12(15)7-5-11/h4-7,10,13,16H,3,8-9H2,1-2H3. The van der Waals surface area contributed by atoms with Gasteiger partial charge in [0.15, 0.2) is 0 Å². The minimum atomic E-state index is -0.852. The third-order valence-electron chi connectivity index (χ3n) is 3.39. The molecule has 1 amide bonds. The monoisotopic (exact) mass is 298 g/mol. The van der Waals surface area contributed by atoms with Gasteiger partial charge in [-0.2, -0.15) is 0 Å². The molecule has 1 aliphatic heterocycles. The minimum Gasteiger partial charge on any atom is -0.322 e. The van der Waals surface area contributed by atoms with E-state index in [9.17, 15) is 13.4 Å². The molecule has 2 rings (SSSR count). The smallest absolute Gasteiger partial charge is 0.241 e. The number of carbonyl (C=O) groups is 1. The number of benzene rings is 1. The SMILES string of the molecule is CC1NC(c2ccc(F)cc2)N(CCCS(C)=O)C1=O. The Kier molecular flexibility index (Phi) is 4.88. The van der Waals surface area contributed by atoms with Gasteiger partial charge in [0.25, 0.3) is 0 Å². The van der Waals surface area contributed by atoms with Crippen LogP contribution in [0.25, 0.3) is 0 Å². The molecule has 1 saturated heterocycles. The summed E-state index contributed by atoms with van der Waals surface area (Å²) in [5.74, 6) is 0.314. The van der Waals surface area contributed by atoms with Crippen molar-refractivity contribution in [1.29, 1.82) is 0 Å². The van der Waals surface area contributed by atoms with Crippen molar-refractivity contribution in [2.75, 3.05) is 18.6 Å². The molecule has 0 radical (unpaired) electrons. The van der Waals surface area contributed by atoms with Crippen LogP contribution < -0.4 is 5.32 Å². The Hall–Kier alpha value is -1.27. The molecule has 1 aliphatic rings. The highest BCUT2D eigenvalue weighted by Crippen LogP contribution is 2.25. The first-order chi connectivity index (χ1) is 9.49. The van der Waals surface area contributed by atoms with E-state index in [1.165, 1.54) is 12.1 Å². The van der Waals surface area contributed by atoms with Crippen molar-refractivity contribution < 1.29 is 13.4 Å². The first kappa shape index (κ1) is 15.1. The molecular formula is C14H19FN2O2S. The quantitative estimate of drug-likeness (QED) is 0.894. The fourth-order valence-corrected chi connectivity index (χ4v) is 2.91. The zero-order chi connectivity index (χ0) is 14.7. The van der Waals surface area contributed by atoms with E-state index in [1.807, 2.05) is 6.92 Å². The maximum Gasteiger partial charge on any atom is 0.241 e. The predicted octanol–water partition coefficient (Wildman–Crippen LogP) is 1.41. The Bertz CT molecular complexity index is 506. The largest absolute Gasteiger partial charge is 0.322 e. The molecule has 1 N–H and O–H groups in total. The van der Waals surface area contributed by atoms with Crippen LogP contribution in [-0.2, 0) is 15.6 Å². The van der Waals surface area contributed by atoms with Crippen LogP contribution in [0.1, 0.15) is 25.1 Å². The Morgan fingerprint density at radius 3 is 2.60 bits per heavy atom. The number of halogens is 1. The van der Waals surface area contributed by atoms with E-state index in [0.717, 1.165) is 5.56 Å². The number of hydrogen-bond donors (Lipinski definition) is 1. The van der Waals surface area contributed by atoms with Gasteiger partial charge >= 0.3 is 0 Å². The molecule has 0 aromatic heterocycles. The Morgan fingerprint density at radius 2 is 2.00 bits per heavy atom. The molecule has 0 saturated carbocycles. The van der Waals surface area contributed by atoms with E-state index in [4.69, 9.17) is 0 Å². The summed E-state index contributed by atoms with van der Waals surface area (Å²) in [6, 6.07) is 5.90. The molecule has 4 nitrogen and oxygen atoms in total. The highest BCUT2D eigenvalue weighted by Gasteiger charge is 2.36. The first-order valence-corrected chi connectivity index (χ1v) is 8.34. The molecule has 0 spiro atoms. The van der Waals surface area contributed by atoms with Crippen LogP contribution in [0.15, 0.2) is 24.3 Å². The molecule has 3 atom stereocenters. The lowest BCUT2D eigenvalue weighted by Crippen LogP contribution is -2.32. The summed E-state index contributed by atoms with van der Waals surface area (Å²) in [7, 11) is -0.852. The van der Waals surface area contributed by atoms with Gasteiger partial charge in [-0.1, -0.05) is 12.1 Å². The van der Waals surface area contributed by atoms with Crippen LogP contribution in [0.2, 0.25) is 0 Å².